The molecule has 0 radical (unpaired) electrons. The van der Waals surface area contributed by atoms with Crippen molar-refractivity contribution in [2.45, 2.75) is 6.42 Å². The number of benzene rings is 2. The first kappa shape index (κ1) is 17.1. The summed E-state index contributed by atoms with van der Waals surface area (Å²) < 4.78 is 0. The summed E-state index contributed by atoms with van der Waals surface area (Å²) in [7, 11) is 0. The van der Waals surface area contributed by atoms with Crippen LogP contribution in [0.2, 0.25) is 0 Å². The normalized spacial score (nSPS) is 7.58. The van der Waals surface area contributed by atoms with E-state index in [1.54, 1.807) is 0 Å². The fraction of sp³-hybridized carbons (Fsp3) is 0.0667. The summed E-state index contributed by atoms with van der Waals surface area (Å²) in [6, 6.07) is 21.1. The van der Waals surface area contributed by atoms with Gasteiger partial charge in [-0.3, -0.25) is 0 Å². The molecule has 2 aromatic carbocycles. The number of thiocyanates is 2. The van der Waals surface area contributed by atoms with Crippen LogP contribution < -0.4 is 0 Å². The molecule has 2 rings (SSSR count). The second-order valence-electron chi connectivity index (χ2n) is 3.35. The van der Waals surface area contributed by atoms with E-state index in [0.29, 0.717) is 0 Å². The smallest absolute Gasteiger partial charge is 0.130 e. The predicted octanol–water partition coefficient (Wildman–Crippen LogP) is 4.07. The average Bonchev–Trinajstić information content (AvgIpc) is 2.43. The van der Waals surface area contributed by atoms with E-state index < -0.39 is 0 Å². The van der Waals surface area contributed by atoms with E-state index in [4.69, 9.17) is 10.5 Å². The van der Waals surface area contributed by atoms with Gasteiger partial charge >= 0.3 is 0 Å². The van der Waals surface area contributed by atoms with Gasteiger partial charge in [-0.1, -0.05) is 85.9 Å². The van der Waals surface area contributed by atoms with Gasteiger partial charge in [0.25, 0.3) is 0 Å². The van der Waals surface area contributed by atoms with Crippen LogP contribution in [0.1, 0.15) is 11.1 Å². The number of nitrogens with zero attached hydrogens (tertiary/aromatic N) is 2. The van der Waals surface area contributed by atoms with Crippen LogP contribution in [0.25, 0.3) is 0 Å². The molecule has 0 atom stereocenters. The van der Waals surface area contributed by atoms with E-state index in [0.717, 1.165) is 6.42 Å². The molecule has 0 saturated heterocycles. The van der Waals surface area contributed by atoms with E-state index in [1.165, 1.54) is 21.9 Å². The summed E-state index contributed by atoms with van der Waals surface area (Å²) in [6.07, 6.45) is 1.03. The van der Waals surface area contributed by atoms with Crippen LogP contribution in [-0.4, -0.2) is 0 Å². The van der Waals surface area contributed by atoms with Crippen molar-refractivity contribution < 1.29 is 0 Å². The molecule has 2 nitrogen and oxygen atoms in total. The molecule has 0 bridgehead atoms. The molecule has 0 aliphatic carbocycles. The summed E-state index contributed by atoms with van der Waals surface area (Å²) in [6.45, 7) is 0. The van der Waals surface area contributed by atoms with Gasteiger partial charge in [0.2, 0.25) is 0 Å². The molecule has 0 fully saturated rings. The predicted molar refractivity (Wildman–Crippen MR) is 84.9 cm³/mol. The lowest BCUT2D eigenvalue weighted by Crippen LogP contribution is -1.85. The van der Waals surface area contributed by atoms with E-state index >= 15 is 0 Å². The molecule has 0 unspecified atom stereocenters. The molecule has 2 aromatic rings. The third-order valence-electron chi connectivity index (χ3n) is 2.09. The number of hydrogen-bond donors (Lipinski definition) is 2. The molecule has 4 heteroatoms. The van der Waals surface area contributed by atoms with Crippen LogP contribution in [0, 0.1) is 21.3 Å². The second kappa shape index (κ2) is 12.6. The van der Waals surface area contributed by atoms with Crippen LogP contribution in [0.4, 0.5) is 0 Å². The van der Waals surface area contributed by atoms with Crippen LogP contribution in [0.15, 0.2) is 60.7 Å². The minimum Gasteiger partial charge on any atom is -0.185 e. The number of nitriles is 2. The van der Waals surface area contributed by atoms with Gasteiger partial charge < -0.3 is 0 Å². The topological polar surface area (TPSA) is 47.6 Å². The Morgan fingerprint density at radius 3 is 1.21 bits per heavy atom. The van der Waals surface area contributed by atoms with Gasteiger partial charge in [-0.15, -0.1) is 0 Å². The quantitative estimate of drug-likeness (QED) is 0.645. The van der Waals surface area contributed by atoms with Gasteiger partial charge in [-0.05, 0) is 17.5 Å². The first-order valence-corrected chi connectivity index (χ1v) is 6.32. The molecule has 0 heterocycles. The van der Waals surface area contributed by atoms with Crippen LogP contribution in [0.5, 0.6) is 0 Å². The zero-order valence-electron chi connectivity index (χ0n) is 10.3. The van der Waals surface area contributed by atoms with E-state index in [1.807, 2.05) is 0 Å². The van der Waals surface area contributed by atoms with Gasteiger partial charge in [-0.25, -0.2) is 0 Å². The Kier molecular flexibility index (Phi) is 11.3. The van der Waals surface area contributed by atoms with Crippen molar-refractivity contribution in [1.82, 2.24) is 0 Å². The minimum atomic E-state index is 1.03. The van der Waals surface area contributed by atoms with Crippen molar-refractivity contribution in [3.63, 3.8) is 0 Å². The maximum Gasteiger partial charge on any atom is 0.130 e. The Bertz CT molecular complexity index is 464. The summed E-state index contributed by atoms with van der Waals surface area (Å²) in [4.78, 5) is 0. The Morgan fingerprint density at radius 1 is 0.684 bits per heavy atom. The molecule has 0 aliphatic rings. The molecular formula is C15H14N2S2. The first-order valence-electron chi connectivity index (χ1n) is 5.42. The Balaban J connectivity index is 0.000000465. The van der Waals surface area contributed by atoms with E-state index in [9.17, 15) is 0 Å². The highest BCUT2D eigenvalue weighted by atomic mass is 32.1. The second-order valence-corrected chi connectivity index (χ2v) is 3.75. The van der Waals surface area contributed by atoms with Gasteiger partial charge in [0, 0.05) is 0 Å². The Morgan fingerprint density at radius 2 is 0.947 bits per heavy atom. The molecular weight excluding hydrogens is 272 g/mol. The van der Waals surface area contributed by atoms with Crippen LogP contribution in [0.3, 0.4) is 0 Å². The van der Waals surface area contributed by atoms with Gasteiger partial charge in [0.15, 0.2) is 0 Å². The van der Waals surface area contributed by atoms with Crippen molar-refractivity contribution >= 4 is 25.3 Å². The van der Waals surface area contributed by atoms with E-state index in [2.05, 4.69) is 85.9 Å². The fourth-order valence-corrected chi connectivity index (χ4v) is 1.43. The molecule has 0 amide bonds. The lowest BCUT2D eigenvalue weighted by Gasteiger charge is -2.00. The molecule has 0 N–H and O–H groups in total. The summed E-state index contributed by atoms with van der Waals surface area (Å²) in [5.41, 5.74) is 2.74. The molecule has 0 aromatic heterocycles. The SMILES string of the molecule is N#CS.N#CS.c1ccc(Cc2ccccc2)cc1. The van der Waals surface area contributed by atoms with Gasteiger partial charge in [-0.2, -0.15) is 10.5 Å². The van der Waals surface area contributed by atoms with Crippen molar-refractivity contribution in [2.75, 3.05) is 0 Å². The summed E-state index contributed by atoms with van der Waals surface area (Å²) in [5.74, 6) is 0. The largest absolute Gasteiger partial charge is 0.185 e. The third-order valence-corrected chi connectivity index (χ3v) is 2.09. The molecule has 96 valence electrons. The number of thiol groups is 2. The molecule has 0 spiro atoms. The molecule has 19 heavy (non-hydrogen) atoms. The van der Waals surface area contributed by atoms with Gasteiger partial charge in [0.05, 0.1) is 0 Å². The highest BCUT2D eigenvalue weighted by Crippen LogP contribution is 2.07. The lowest BCUT2D eigenvalue weighted by atomic mass is 10.1. The maximum atomic E-state index is 7.18. The van der Waals surface area contributed by atoms with Crippen molar-refractivity contribution in [2.24, 2.45) is 0 Å². The number of hydrogen-bond acceptors (Lipinski definition) is 4. The average molecular weight is 286 g/mol. The fourth-order valence-electron chi connectivity index (χ4n) is 1.43. The van der Waals surface area contributed by atoms with Gasteiger partial charge in [0.1, 0.15) is 10.8 Å². The van der Waals surface area contributed by atoms with E-state index in [-0.39, 0.29) is 0 Å². The standard InChI is InChI=1S/C13H12.2CHNS/c1-3-7-12(8-4-1)11-13-9-5-2-6-10-13;2*2-1-3/h1-10H,11H2;2*3H. The minimum absolute atomic E-state index is 1.03. The zero-order valence-corrected chi connectivity index (χ0v) is 12.1. The van der Waals surface area contributed by atoms with Crippen molar-refractivity contribution in [1.29, 1.82) is 10.5 Å². The summed E-state index contributed by atoms with van der Waals surface area (Å²) >= 11 is 6.19. The van der Waals surface area contributed by atoms with Crippen LogP contribution in [-0.2, 0) is 6.42 Å². The van der Waals surface area contributed by atoms with Crippen molar-refractivity contribution in [3.8, 4) is 10.8 Å². The highest BCUT2D eigenvalue weighted by molar-refractivity contribution is 7.85. The molecule has 0 aliphatic heterocycles. The monoisotopic (exact) mass is 286 g/mol. The Labute approximate surface area is 125 Å². The zero-order chi connectivity index (χ0) is 14.3. The van der Waals surface area contributed by atoms with Crippen LogP contribution >= 0.6 is 25.3 Å². The third kappa shape index (κ3) is 9.79. The van der Waals surface area contributed by atoms with Crippen molar-refractivity contribution in [3.05, 3.63) is 71.8 Å². The highest BCUT2D eigenvalue weighted by Gasteiger charge is 1.92. The Hall–Kier alpha value is -1.88. The molecule has 0 saturated carbocycles. The maximum absolute atomic E-state index is 7.18. The number of rotatable bonds is 2. The lowest BCUT2D eigenvalue weighted by molar-refractivity contribution is 1.19. The summed E-state index contributed by atoms with van der Waals surface area (Å²) in [5, 5.41) is 17.3. The first-order chi connectivity index (χ1) is 9.28.